The highest BCUT2D eigenvalue weighted by atomic mass is 19.3. The van der Waals surface area contributed by atoms with Crippen molar-refractivity contribution in [1.82, 2.24) is 10.3 Å². The third kappa shape index (κ3) is 6.56. The predicted molar refractivity (Wildman–Crippen MR) is 112 cm³/mol. The molecule has 0 fully saturated rings. The fourth-order valence-electron chi connectivity index (χ4n) is 2.60. The number of rotatable bonds is 8. The molecule has 9 heteroatoms. The van der Waals surface area contributed by atoms with Crippen molar-refractivity contribution in [1.29, 1.82) is 0 Å². The van der Waals surface area contributed by atoms with Crippen molar-refractivity contribution in [3.8, 4) is 23.0 Å². The van der Waals surface area contributed by atoms with Crippen LogP contribution >= 0.6 is 0 Å². The second-order valence-electron chi connectivity index (χ2n) is 6.36. The number of hydrogen-bond donors (Lipinski definition) is 1. The van der Waals surface area contributed by atoms with Gasteiger partial charge in [0.15, 0.2) is 0 Å². The Kier molecular flexibility index (Phi) is 8.19. The van der Waals surface area contributed by atoms with E-state index in [1.807, 2.05) is 13.0 Å². The van der Waals surface area contributed by atoms with E-state index in [1.54, 1.807) is 42.7 Å². The van der Waals surface area contributed by atoms with E-state index in [9.17, 15) is 13.6 Å². The molecule has 2 heterocycles. The van der Waals surface area contributed by atoms with Crippen LogP contribution in [0.25, 0.3) is 11.5 Å². The number of hydrogen-bond acceptors (Lipinski definition) is 6. The van der Waals surface area contributed by atoms with E-state index in [0.717, 1.165) is 6.61 Å². The Labute approximate surface area is 183 Å². The van der Waals surface area contributed by atoms with E-state index in [0.29, 0.717) is 35.1 Å². The van der Waals surface area contributed by atoms with Gasteiger partial charge in [-0.2, -0.15) is 8.78 Å². The van der Waals surface area contributed by atoms with Crippen LogP contribution in [0.2, 0.25) is 0 Å². The zero-order chi connectivity index (χ0) is 22.8. The molecule has 0 saturated heterocycles. The van der Waals surface area contributed by atoms with Crippen molar-refractivity contribution >= 4 is 5.91 Å². The second kappa shape index (κ2) is 11.5. The van der Waals surface area contributed by atoms with E-state index < -0.39 is 6.61 Å². The molecule has 1 amide bonds. The van der Waals surface area contributed by atoms with Crippen LogP contribution in [-0.2, 0) is 11.3 Å². The van der Waals surface area contributed by atoms with Crippen LogP contribution in [0.4, 0.5) is 8.78 Å². The molecular formula is C23H22F2N2O5. The molecule has 0 atom stereocenters. The summed E-state index contributed by atoms with van der Waals surface area (Å²) in [5.74, 6) is 0.574. The number of halogens is 2. The van der Waals surface area contributed by atoms with Crippen molar-refractivity contribution in [3.05, 3.63) is 78.4 Å². The number of nitrogens with one attached hydrogen (secondary N) is 1. The Hall–Kier alpha value is -3.88. The summed E-state index contributed by atoms with van der Waals surface area (Å²) in [6, 6.07) is 12.9. The number of amides is 1. The minimum absolute atomic E-state index is 0.0470. The van der Waals surface area contributed by atoms with Gasteiger partial charge in [0.25, 0.3) is 5.91 Å². The summed E-state index contributed by atoms with van der Waals surface area (Å²) >= 11 is 0. The normalized spacial score (nSPS) is 11.6. The molecule has 0 spiro atoms. The Morgan fingerprint density at radius 1 is 1.19 bits per heavy atom. The number of nitrogens with zero attached hydrogens (tertiary/aromatic N) is 1. The molecule has 0 aliphatic carbocycles. The van der Waals surface area contributed by atoms with Crippen LogP contribution in [0.5, 0.6) is 11.5 Å². The van der Waals surface area contributed by atoms with Crippen molar-refractivity contribution in [2.24, 2.45) is 0 Å². The minimum Gasteiger partial charge on any atom is -0.497 e. The molecule has 4 rings (SSSR count). The number of benzene rings is 2. The Morgan fingerprint density at radius 3 is 2.50 bits per heavy atom. The maximum atomic E-state index is 12.4. The predicted octanol–water partition coefficient (Wildman–Crippen LogP) is 4.80. The lowest BCUT2D eigenvalue weighted by molar-refractivity contribution is -0.0498. The summed E-state index contributed by atoms with van der Waals surface area (Å²) in [6.07, 6.45) is 5.06. The van der Waals surface area contributed by atoms with E-state index >= 15 is 0 Å². The van der Waals surface area contributed by atoms with Crippen molar-refractivity contribution < 1.29 is 32.2 Å². The third-order valence-electron chi connectivity index (χ3n) is 4.12. The molecule has 3 aromatic rings. The van der Waals surface area contributed by atoms with Crippen molar-refractivity contribution in [3.63, 3.8) is 0 Å². The molecule has 32 heavy (non-hydrogen) atoms. The van der Waals surface area contributed by atoms with Crippen LogP contribution in [0.1, 0.15) is 23.0 Å². The van der Waals surface area contributed by atoms with E-state index in [2.05, 4.69) is 19.8 Å². The van der Waals surface area contributed by atoms with Crippen LogP contribution < -0.4 is 14.8 Å². The molecule has 7 nitrogen and oxygen atoms in total. The van der Waals surface area contributed by atoms with Crippen molar-refractivity contribution in [2.75, 3.05) is 13.2 Å². The van der Waals surface area contributed by atoms with Crippen molar-refractivity contribution in [2.45, 2.75) is 20.1 Å². The monoisotopic (exact) mass is 444 g/mol. The Morgan fingerprint density at radius 2 is 1.88 bits per heavy atom. The number of alkyl halides is 2. The summed E-state index contributed by atoms with van der Waals surface area (Å²) in [6.45, 7) is 0.404. The molecule has 168 valence electrons. The van der Waals surface area contributed by atoms with Gasteiger partial charge in [-0.3, -0.25) is 4.79 Å². The van der Waals surface area contributed by atoms with Crippen LogP contribution in [0.15, 0.2) is 71.5 Å². The van der Waals surface area contributed by atoms with Crippen LogP contribution in [-0.4, -0.2) is 30.7 Å². The lowest BCUT2D eigenvalue weighted by Crippen LogP contribution is -2.23. The molecular weight excluding hydrogens is 422 g/mol. The Bertz CT molecular complexity index is 1030. The lowest BCUT2D eigenvalue weighted by Gasteiger charge is -2.09. The highest BCUT2D eigenvalue weighted by molar-refractivity contribution is 5.96. The zero-order valence-corrected chi connectivity index (χ0v) is 17.3. The van der Waals surface area contributed by atoms with Crippen LogP contribution in [0, 0.1) is 0 Å². The number of oxazole rings is 1. The molecule has 0 unspecified atom stereocenters. The van der Waals surface area contributed by atoms with Gasteiger partial charge in [-0.05, 0) is 49.4 Å². The SMILES string of the molecule is C1=COC1.CCOc1ccccc1C(=O)NCc1coc(-c2ccc(OC(F)F)cc2)n1. The van der Waals surface area contributed by atoms with Crippen LogP contribution in [0.3, 0.4) is 0 Å². The lowest BCUT2D eigenvalue weighted by atomic mass is 10.2. The smallest absolute Gasteiger partial charge is 0.387 e. The average molecular weight is 444 g/mol. The molecule has 0 saturated carbocycles. The standard InChI is InChI=1S/C20H18F2N2O4.C3H4O/c1-2-26-17-6-4-3-5-16(17)18(25)23-11-14-12-27-19(24-14)13-7-9-15(10-8-13)28-20(21)22;1-2-4-3-1/h3-10,12,20H,2,11H2,1H3,(H,23,25);1-2H,3H2. The number of para-hydroxylation sites is 1. The first-order chi connectivity index (χ1) is 15.6. The fraction of sp³-hybridized carbons (Fsp3) is 0.217. The maximum Gasteiger partial charge on any atom is 0.387 e. The molecule has 1 aromatic heterocycles. The van der Waals surface area contributed by atoms with Gasteiger partial charge >= 0.3 is 6.61 Å². The number of ether oxygens (including phenoxy) is 3. The number of carbonyl (C=O) groups excluding carboxylic acids is 1. The van der Waals surface area contributed by atoms with E-state index in [1.165, 1.54) is 18.4 Å². The molecule has 2 aromatic carbocycles. The quantitative estimate of drug-likeness (QED) is 0.537. The number of carbonyl (C=O) groups is 1. The first kappa shape index (κ1) is 22.8. The minimum atomic E-state index is -2.88. The first-order valence-corrected chi connectivity index (χ1v) is 9.83. The Balaban J connectivity index is 0.000000650. The topological polar surface area (TPSA) is 82.8 Å². The van der Waals surface area contributed by atoms with Gasteiger partial charge in [0.1, 0.15) is 24.4 Å². The molecule has 1 aliphatic rings. The zero-order valence-electron chi connectivity index (χ0n) is 17.3. The molecule has 1 N–H and O–H groups in total. The first-order valence-electron chi connectivity index (χ1n) is 9.83. The molecule has 1 aliphatic heterocycles. The molecule has 0 bridgehead atoms. The fourth-order valence-corrected chi connectivity index (χ4v) is 2.60. The summed E-state index contributed by atoms with van der Waals surface area (Å²) < 4.78 is 44.1. The van der Waals surface area contributed by atoms with Gasteiger partial charge in [0.2, 0.25) is 5.89 Å². The second-order valence-corrected chi connectivity index (χ2v) is 6.36. The average Bonchev–Trinajstić information content (AvgIpc) is 3.21. The largest absolute Gasteiger partial charge is 0.497 e. The van der Waals surface area contributed by atoms with Gasteiger partial charge in [0, 0.05) is 5.56 Å². The summed E-state index contributed by atoms with van der Waals surface area (Å²) in [4.78, 5) is 16.7. The maximum absolute atomic E-state index is 12.4. The highest BCUT2D eigenvalue weighted by Gasteiger charge is 2.13. The van der Waals surface area contributed by atoms with Gasteiger partial charge in [-0.1, -0.05) is 12.1 Å². The van der Waals surface area contributed by atoms with E-state index in [-0.39, 0.29) is 18.2 Å². The third-order valence-corrected chi connectivity index (χ3v) is 4.12. The number of aromatic nitrogens is 1. The van der Waals surface area contributed by atoms with Gasteiger partial charge in [-0.15, -0.1) is 0 Å². The summed E-state index contributed by atoms with van der Waals surface area (Å²) in [5, 5.41) is 2.76. The molecule has 0 radical (unpaired) electrons. The van der Waals surface area contributed by atoms with E-state index in [4.69, 9.17) is 9.15 Å². The van der Waals surface area contributed by atoms with Gasteiger partial charge < -0.3 is 23.9 Å². The summed E-state index contributed by atoms with van der Waals surface area (Å²) in [5.41, 5.74) is 1.55. The van der Waals surface area contributed by atoms with Gasteiger partial charge in [-0.25, -0.2) is 4.98 Å². The summed E-state index contributed by atoms with van der Waals surface area (Å²) in [7, 11) is 0. The van der Waals surface area contributed by atoms with Gasteiger partial charge in [0.05, 0.1) is 30.7 Å². The highest BCUT2D eigenvalue weighted by Crippen LogP contribution is 2.23.